The van der Waals surface area contributed by atoms with Crippen LogP contribution in [0.5, 0.6) is 5.75 Å². The van der Waals surface area contributed by atoms with Gasteiger partial charge in [0.15, 0.2) is 12.8 Å². The van der Waals surface area contributed by atoms with E-state index in [1.807, 2.05) is 25.1 Å². The Kier molecular flexibility index (Phi) is 9.66. The summed E-state index contributed by atoms with van der Waals surface area (Å²) in [6.45, 7) is 6.90. The standard InChI is InChI=1S/C22H28FN3O2.HI/c1-3-24-22(26-13-16(2)17-7-5-4-6-8-17)25-10-9-18-11-20(23)12-19-14-27-15-28-21(18)19;/h4-8,11-12,16H,3,9-10,13-15H2,1-2H3,(H2,24,25,26);1H. The average molecular weight is 513 g/mol. The van der Waals surface area contributed by atoms with Crippen molar-refractivity contribution in [2.75, 3.05) is 26.4 Å². The second-order valence-corrected chi connectivity index (χ2v) is 6.87. The minimum absolute atomic E-state index is 0. The van der Waals surface area contributed by atoms with Crippen LogP contribution in [0.25, 0.3) is 0 Å². The summed E-state index contributed by atoms with van der Waals surface area (Å²) in [4.78, 5) is 4.70. The summed E-state index contributed by atoms with van der Waals surface area (Å²) in [5, 5.41) is 6.59. The van der Waals surface area contributed by atoms with Gasteiger partial charge >= 0.3 is 0 Å². The monoisotopic (exact) mass is 513 g/mol. The third kappa shape index (κ3) is 6.85. The molecule has 7 heteroatoms. The number of guanidine groups is 1. The van der Waals surface area contributed by atoms with Gasteiger partial charge in [-0.3, -0.25) is 4.99 Å². The van der Waals surface area contributed by atoms with Gasteiger partial charge in [-0.05, 0) is 36.6 Å². The molecule has 2 N–H and O–H groups in total. The molecule has 2 aromatic carbocycles. The average Bonchev–Trinajstić information content (AvgIpc) is 2.72. The number of nitrogens with zero attached hydrogens (tertiary/aromatic N) is 1. The van der Waals surface area contributed by atoms with Crippen LogP contribution >= 0.6 is 24.0 Å². The SMILES string of the molecule is CCNC(=NCC(C)c1ccccc1)NCCc1cc(F)cc2c1OCOC2.I. The zero-order chi connectivity index (χ0) is 19.8. The van der Waals surface area contributed by atoms with Gasteiger partial charge in [-0.15, -0.1) is 24.0 Å². The van der Waals surface area contributed by atoms with E-state index in [9.17, 15) is 4.39 Å². The third-order valence-corrected chi connectivity index (χ3v) is 4.67. The molecular weight excluding hydrogens is 484 g/mol. The number of hydrogen-bond donors (Lipinski definition) is 2. The number of ether oxygens (including phenoxy) is 2. The van der Waals surface area contributed by atoms with Gasteiger partial charge in [0.1, 0.15) is 11.6 Å². The highest BCUT2D eigenvalue weighted by atomic mass is 127. The summed E-state index contributed by atoms with van der Waals surface area (Å²) < 4.78 is 24.7. The number of hydrogen-bond acceptors (Lipinski definition) is 3. The van der Waals surface area contributed by atoms with Crippen molar-refractivity contribution in [2.24, 2.45) is 4.99 Å². The van der Waals surface area contributed by atoms with Crippen LogP contribution in [0, 0.1) is 5.82 Å². The first-order chi connectivity index (χ1) is 13.7. The van der Waals surface area contributed by atoms with Crippen molar-refractivity contribution in [2.45, 2.75) is 32.8 Å². The van der Waals surface area contributed by atoms with Crippen molar-refractivity contribution in [3.8, 4) is 5.75 Å². The molecule has 1 aliphatic heterocycles. The highest BCUT2D eigenvalue weighted by molar-refractivity contribution is 14.0. The molecule has 1 atom stereocenters. The maximum Gasteiger partial charge on any atom is 0.191 e. The lowest BCUT2D eigenvalue weighted by Gasteiger charge is -2.21. The Hall–Kier alpha value is -1.87. The zero-order valence-corrected chi connectivity index (χ0v) is 19.2. The summed E-state index contributed by atoms with van der Waals surface area (Å²) in [5.74, 6) is 1.58. The van der Waals surface area contributed by atoms with Crippen LogP contribution in [0.3, 0.4) is 0 Å². The lowest BCUT2D eigenvalue weighted by atomic mass is 10.0. The van der Waals surface area contributed by atoms with E-state index in [2.05, 4.69) is 29.7 Å². The van der Waals surface area contributed by atoms with E-state index in [1.54, 1.807) is 0 Å². The molecule has 5 nitrogen and oxygen atoms in total. The van der Waals surface area contributed by atoms with Crippen molar-refractivity contribution in [1.82, 2.24) is 10.6 Å². The topological polar surface area (TPSA) is 54.9 Å². The van der Waals surface area contributed by atoms with Gasteiger partial charge in [-0.2, -0.15) is 0 Å². The Bertz CT molecular complexity index is 802. The summed E-state index contributed by atoms with van der Waals surface area (Å²) in [6, 6.07) is 13.4. The van der Waals surface area contributed by atoms with E-state index in [1.165, 1.54) is 17.7 Å². The molecule has 0 saturated heterocycles. The van der Waals surface area contributed by atoms with Gasteiger partial charge in [-0.25, -0.2) is 4.39 Å². The van der Waals surface area contributed by atoms with Crippen molar-refractivity contribution < 1.29 is 13.9 Å². The number of nitrogens with one attached hydrogen (secondary N) is 2. The second kappa shape index (κ2) is 12.0. The van der Waals surface area contributed by atoms with E-state index < -0.39 is 0 Å². The Morgan fingerprint density at radius 1 is 1.21 bits per heavy atom. The van der Waals surface area contributed by atoms with Crippen LogP contribution in [-0.4, -0.2) is 32.4 Å². The summed E-state index contributed by atoms with van der Waals surface area (Å²) in [7, 11) is 0. The smallest absolute Gasteiger partial charge is 0.191 e. The van der Waals surface area contributed by atoms with Crippen LogP contribution < -0.4 is 15.4 Å². The fraction of sp³-hybridized carbons (Fsp3) is 0.409. The van der Waals surface area contributed by atoms with E-state index >= 15 is 0 Å². The molecule has 0 saturated carbocycles. The molecule has 0 aliphatic carbocycles. The van der Waals surface area contributed by atoms with Crippen molar-refractivity contribution >= 4 is 29.9 Å². The summed E-state index contributed by atoms with van der Waals surface area (Å²) >= 11 is 0. The molecule has 3 rings (SSSR count). The first kappa shape index (κ1) is 23.4. The van der Waals surface area contributed by atoms with Gasteiger partial charge in [0.25, 0.3) is 0 Å². The molecule has 0 spiro atoms. The number of halogens is 2. The van der Waals surface area contributed by atoms with Crippen molar-refractivity contribution in [1.29, 1.82) is 0 Å². The second-order valence-electron chi connectivity index (χ2n) is 6.87. The van der Waals surface area contributed by atoms with E-state index in [4.69, 9.17) is 14.5 Å². The molecule has 0 radical (unpaired) electrons. The van der Waals surface area contributed by atoms with Crippen molar-refractivity contribution in [3.05, 3.63) is 65.0 Å². The summed E-state index contributed by atoms with van der Waals surface area (Å²) in [5.41, 5.74) is 2.88. The van der Waals surface area contributed by atoms with E-state index in [0.717, 1.165) is 29.4 Å². The Morgan fingerprint density at radius 2 is 2.00 bits per heavy atom. The number of aliphatic imine (C=N–C) groups is 1. The van der Waals surface area contributed by atoms with Gasteiger partial charge in [0, 0.05) is 31.1 Å². The highest BCUT2D eigenvalue weighted by Crippen LogP contribution is 2.29. The van der Waals surface area contributed by atoms with Crippen LogP contribution in [0.2, 0.25) is 0 Å². The maximum atomic E-state index is 13.9. The first-order valence-electron chi connectivity index (χ1n) is 9.76. The van der Waals surface area contributed by atoms with Crippen LogP contribution in [0.1, 0.15) is 36.5 Å². The number of rotatable bonds is 7. The molecule has 1 unspecified atom stereocenters. The quantitative estimate of drug-likeness (QED) is 0.331. The molecule has 0 fully saturated rings. The van der Waals surface area contributed by atoms with Gasteiger partial charge in [0.05, 0.1) is 6.61 Å². The zero-order valence-electron chi connectivity index (χ0n) is 16.9. The van der Waals surface area contributed by atoms with E-state index in [0.29, 0.717) is 32.0 Å². The predicted molar refractivity (Wildman–Crippen MR) is 125 cm³/mol. The lowest BCUT2D eigenvalue weighted by Crippen LogP contribution is -2.38. The highest BCUT2D eigenvalue weighted by Gasteiger charge is 2.16. The third-order valence-electron chi connectivity index (χ3n) is 4.67. The Labute approximate surface area is 189 Å². The molecule has 0 aromatic heterocycles. The fourth-order valence-electron chi connectivity index (χ4n) is 3.21. The molecule has 1 heterocycles. The molecule has 1 aliphatic rings. The number of benzene rings is 2. The maximum absolute atomic E-state index is 13.9. The fourth-order valence-corrected chi connectivity index (χ4v) is 3.21. The van der Waals surface area contributed by atoms with Gasteiger partial charge in [-0.1, -0.05) is 37.3 Å². The Balaban J connectivity index is 0.00000300. The van der Waals surface area contributed by atoms with Crippen LogP contribution in [-0.2, 0) is 17.8 Å². The largest absolute Gasteiger partial charge is 0.467 e. The molecule has 0 bridgehead atoms. The molecule has 29 heavy (non-hydrogen) atoms. The number of fused-ring (bicyclic) bond motifs is 1. The Morgan fingerprint density at radius 3 is 2.76 bits per heavy atom. The minimum atomic E-state index is -0.264. The normalized spacial score (nSPS) is 14.2. The van der Waals surface area contributed by atoms with Crippen molar-refractivity contribution in [3.63, 3.8) is 0 Å². The van der Waals surface area contributed by atoms with E-state index in [-0.39, 0.29) is 36.6 Å². The predicted octanol–water partition coefficient (Wildman–Crippen LogP) is 4.21. The molecule has 158 valence electrons. The van der Waals surface area contributed by atoms with Gasteiger partial charge in [0.2, 0.25) is 0 Å². The lowest BCUT2D eigenvalue weighted by molar-refractivity contribution is -0.0172. The molecule has 0 amide bonds. The molecular formula is C22H29FIN3O2. The first-order valence-corrected chi connectivity index (χ1v) is 9.76. The van der Waals surface area contributed by atoms with Gasteiger partial charge < -0.3 is 20.1 Å². The van der Waals surface area contributed by atoms with Crippen LogP contribution in [0.4, 0.5) is 4.39 Å². The summed E-state index contributed by atoms with van der Waals surface area (Å²) in [6.07, 6.45) is 0.638. The minimum Gasteiger partial charge on any atom is -0.467 e. The van der Waals surface area contributed by atoms with Crippen LogP contribution in [0.15, 0.2) is 47.5 Å². The molecule has 2 aromatic rings.